The predicted octanol–water partition coefficient (Wildman–Crippen LogP) is 2.91. The first-order chi connectivity index (χ1) is 15.3. The molecule has 0 N–H and O–H groups in total. The molecule has 0 aliphatic carbocycles. The Hall–Kier alpha value is -2.26. The zero-order valence-electron chi connectivity index (χ0n) is 19.2. The molecule has 0 radical (unpaired) electrons. The van der Waals surface area contributed by atoms with E-state index in [1.165, 1.54) is 0 Å². The second kappa shape index (κ2) is 9.70. The van der Waals surface area contributed by atoms with Gasteiger partial charge in [-0.2, -0.15) is 4.98 Å². The van der Waals surface area contributed by atoms with E-state index in [0.717, 1.165) is 63.3 Å². The van der Waals surface area contributed by atoms with Crippen molar-refractivity contribution in [1.82, 2.24) is 24.8 Å². The summed E-state index contributed by atoms with van der Waals surface area (Å²) in [7, 11) is 0. The quantitative estimate of drug-likeness (QED) is 0.661. The number of hydrogen-bond acceptors (Lipinski definition) is 7. The number of nitrogens with zero attached hydrogens (tertiary/aromatic N) is 5. The summed E-state index contributed by atoms with van der Waals surface area (Å²) in [6.07, 6.45) is 3.38. The third-order valence-corrected chi connectivity index (χ3v) is 7.06. The number of thiophene rings is 1. The van der Waals surface area contributed by atoms with Crippen molar-refractivity contribution in [3.63, 3.8) is 0 Å². The van der Waals surface area contributed by atoms with Crippen molar-refractivity contribution in [1.29, 1.82) is 0 Å². The summed E-state index contributed by atoms with van der Waals surface area (Å²) in [4.78, 5) is 37.5. The molecule has 1 unspecified atom stereocenters. The molecule has 4 heterocycles. The summed E-state index contributed by atoms with van der Waals surface area (Å²) >= 11 is 1.60. The lowest BCUT2D eigenvalue weighted by molar-refractivity contribution is -0.149. The van der Waals surface area contributed by atoms with Gasteiger partial charge in [-0.3, -0.25) is 14.5 Å². The van der Waals surface area contributed by atoms with E-state index in [2.05, 4.69) is 15.0 Å². The van der Waals surface area contributed by atoms with E-state index in [4.69, 9.17) is 4.52 Å². The lowest BCUT2D eigenvalue weighted by Gasteiger charge is -2.38. The van der Waals surface area contributed by atoms with Crippen LogP contribution in [0.3, 0.4) is 0 Å². The summed E-state index contributed by atoms with van der Waals surface area (Å²) < 4.78 is 5.38. The van der Waals surface area contributed by atoms with Crippen LogP contribution in [-0.2, 0) is 16.0 Å². The number of rotatable bonds is 6. The summed E-state index contributed by atoms with van der Waals surface area (Å²) in [6.45, 7) is 10.5. The van der Waals surface area contributed by atoms with Crippen LogP contribution in [0.1, 0.15) is 45.9 Å². The number of carbonyl (C=O) groups excluding carboxylic acids is 2. The molecule has 8 nitrogen and oxygen atoms in total. The maximum absolute atomic E-state index is 13.1. The van der Waals surface area contributed by atoms with Gasteiger partial charge in [0.15, 0.2) is 0 Å². The number of carbonyl (C=O) groups is 2. The van der Waals surface area contributed by atoms with Crippen molar-refractivity contribution in [3.05, 3.63) is 23.4 Å². The minimum atomic E-state index is -0.454. The lowest BCUT2D eigenvalue weighted by atomic mass is 9.94. The fourth-order valence-corrected chi connectivity index (χ4v) is 5.07. The molecule has 4 rings (SSSR count). The number of aromatic nitrogens is 2. The van der Waals surface area contributed by atoms with Crippen LogP contribution in [0.5, 0.6) is 0 Å². The van der Waals surface area contributed by atoms with E-state index in [1.807, 2.05) is 48.1 Å². The Kier molecular flexibility index (Phi) is 6.95. The minimum absolute atomic E-state index is 0.0789. The normalized spacial score (nSPS) is 20.2. The van der Waals surface area contributed by atoms with Gasteiger partial charge < -0.3 is 14.3 Å². The Bertz CT molecular complexity index is 912. The molecular weight excluding hydrogens is 426 g/mol. The molecule has 2 fully saturated rings. The zero-order valence-corrected chi connectivity index (χ0v) is 20.1. The van der Waals surface area contributed by atoms with E-state index >= 15 is 0 Å². The monoisotopic (exact) mass is 459 g/mol. The first kappa shape index (κ1) is 22.9. The van der Waals surface area contributed by atoms with Crippen LogP contribution in [0.15, 0.2) is 22.0 Å². The van der Waals surface area contributed by atoms with Crippen molar-refractivity contribution in [2.24, 2.45) is 5.41 Å². The number of aryl methyl sites for hydroxylation is 1. The van der Waals surface area contributed by atoms with Crippen LogP contribution in [0.4, 0.5) is 0 Å². The first-order valence-electron chi connectivity index (χ1n) is 11.5. The van der Waals surface area contributed by atoms with Crippen molar-refractivity contribution < 1.29 is 14.1 Å². The molecule has 174 valence electrons. The third kappa shape index (κ3) is 5.20. The SMILES string of the molecule is CC(C)(C)C(=O)N1CCCC1C(=O)N1CCN(CCCc2nc(-c3cccs3)no2)CC1. The highest BCUT2D eigenvalue weighted by atomic mass is 32.1. The zero-order chi connectivity index (χ0) is 22.7. The molecule has 2 aliphatic heterocycles. The van der Waals surface area contributed by atoms with E-state index in [0.29, 0.717) is 18.3 Å². The molecule has 2 aromatic rings. The molecule has 0 spiro atoms. The summed E-state index contributed by atoms with van der Waals surface area (Å²) in [5.74, 6) is 1.53. The van der Waals surface area contributed by atoms with Gasteiger partial charge in [0.25, 0.3) is 0 Å². The van der Waals surface area contributed by atoms with Crippen molar-refractivity contribution in [2.45, 2.75) is 52.5 Å². The average Bonchev–Trinajstić information content (AvgIpc) is 3.53. The largest absolute Gasteiger partial charge is 0.339 e. The lowest BCUT2D eigenvalue weighted by Crippen LogP contribution is -2.55. The predicted molar refractivity (Wildman–Crippen MR) is 123 cm³/mol. The number of likely N-dealkylation sites (tertiary alicyclic amines) is 1. The molecular formula is C23H33N5O3S. The topological polar surface area (TPSA) is 82.8 Å². The molecule has 2 aliphatic rings. The van der Waals surface area contributed by atoms with Gasteiger partial charge in [-0.25, -0.2) is 0 Å². The molecule has 2 amide bonds. The maximum Gasteiger partial charge on any atom is 0.245 e. The fourth-order valence-electron chi connectivity index (χ4n) is 4.42. The highest BCUT2D eigenvalue weighted by Crippen LogP contribution is 2.27. The molecule has 0 aromatic carbocycles. The second-order valence-electron chi connectivity index (χ2n) is 9.67. The number of hydrogen-bond donors (Lipinski definition) is 0. The van der Waals surface area contributed by atoms with Crippen LogP contribution in [-0.4, -0.2) is 82.0 Å². The van der Waals surface area contributed by atoms with Crippen molar-refractivity contribution in [3.8, 4) is 10.7 Å². The summed E-state index contributed by atoms with van der Waals surface area (Å²) in [6, 6.07) is 3.68. The van der Waals surface area contributed by atoms with Gasteiger partial charge in [-0.15, -0.1) is 11.3 Å². The van der Waals surface area contributed by atoms with Crippen LogP contribution in [0.2, 0.25) is 0 Å². The molecule has 2 saturated heterocycles. The van der Waals surface area contributed by atoms with E-state index < -0.39 is 5.41 Å². The highest BCUT2D eigenvalue weighted by Gasteiger charge is 2.40. The van der Waals surface area contributed by atoms with Crippen LogP contribution < -0.4 is 0 Å². The molecule has 2 aromatic heterocycles. The average molecular weight is 460 g/mol. The Morgan fingerprint density at radius 3 is 2.66 bits per heavy atom. The van der Waals surface area contributed by atoms with E-state index in [-0.39, 0.29) is 17.9 Å². The molecule has 1 atom stereocenters. The van der Waals surface area contributed by atoms with Gasteiger partial charge in [-0.05, 0) is 37.3 Å². The number of amides is 2. The second-order valence-corrected chi connectivity index (χ2v) is 10.6. The first-order valence-corrected chi connectivity index (χ1v) is 12.4. The summed E-state index contributed by atoms with van der Waals surface area (Å²) in [5.41, 5.74) is -0.454. The third-order valence-electron chi connectivity index (χ3n) is 6.20. The van der Waals surface area contributed by atoms with Gasteiger partial charge in [0.1, 0.15) is 6.04 Å². The van der Waals surface area contributed by atoms with Crippen LogP contribution >= 0.6 is 11.3 Å². The van der Waals surface area contributed by atoms with Gasteiger partial charge in [0.05, 0.1) is 4.88 Å². The summed E-state index contributed by atoms with van der Waals surface area (Å²) in [5, 5.41) is 6.07. The Balaban J connectivity index is 1.21. The van der Waals surface area contributed by atoms with Crippen LogP contribution in [0.25, 0.3) is 10.7 Å². The molecule has 0 saturated carbocycles. The van der Waals surface area contributed by atoms with Gasteiger partial charge >= 0.3 is 0 Å². The van der Waals surface area contributed by atoms with Gasteiger partial charge in [0, 0.05) is 44.6 Å². The molecule has 32 heavy (non-hydrogen) atoms. The maximum atomic E-state index is 13.1. The Morgan fingerprint density at radius 2 is 1.97 bits per heavy atom. The minimum Gasteiger partial charge on any atom is -0.339 e. The molecule has 9 heteroatoms. The van der Waals surface area contributed by atoms with Crippen LogP contribution in [0, 0.1) is 5.41 Å². The highest BCUT2D eigenvalue weighted by molar-refractivity contribution is 7.13. The standard InChI is InChI=1S/C23H33N5O3S/c1-23(2,3)22(30)28-11-4-7-17(28)21(29)27-14-12-26(13-15-27)10-5-9-19-24-20(25-31-19)18-8-6-16-32-18/h6,8,16-17H,4-5,7,9-15H2,1-3H3. The Labute approximate surface area is 193 Å². The van der Waals surface area contributed by atoms with Crippen molar-refractivity contribution in [2.75, 3.05) is 39.3 Å². The van der Waals surface area contributed by atoms with E-state index in [1.54, 1.807) is 11.3 Å². The smallest absolute Gasteiger partial charge is 0.245 e. The molecule has 0 bridgehead atoms. The van der Waals surface area contributed by atoms with Gasteiger partial charge in [-0.1, -0.05) is 32.0 Å². The van der Waals surface area contributed by atoms with Crippen molar-refractivity contribution >= 4 is 23.2 Å². The van der Waals surface area contributed by atoms with Gasteiger partial charge in [0.2, 0.25) is 23.5 Å². The number of piperazine rings is 1. The van der Waals surface area contributed by atoms with E-state index in [9.17, 15) is 9.59 Å². The Morgan fingerprint density at radius 1 is 1.19 bits per heavy atom. The fraction of sp³-hybridized carbons (Fsp3) is 0.652.